The number of nitrogens with one attached hydrogen (secondary N) is 1. The molecule has 2 aromatic rings. The predicted molar refractivity (Wildman–Crippen MR) is 84.4 cm³/mol. The van der Waals surface area contributed by atoms with Gasteiger partial charge in [-0.15, -0.1) is 0 Å². The molecule has 0 radical (unpaired) electrons. The molecule has 0 spiro atoms. The molecule has 1 amide bonds. The molecule has 110 valence electrons. The number of ether oxygens (including phenoxy) is 1. The molecule has 4 heteroatoms. The Kier molecular flexibility index (Phi) is 4.60. The summed E-state index contributed by atoms with van der Waals surface area (Å²) in [6.07, 6.45) is -0.495. The molecule has 0 saturated carbocycles. The van der Waals surface area contributed by atoms with Gasteiger partial charge in [0.05, 0.1) is 18.8 Å². The van der Waals surface area contributed by atoms with Crippen molar-refractivity contribution in [1.29, 1.82) is 0 Å². The Bertz CT molecular complexity index is 639. The third kappa shape index (κ3) is 3.23. The molecule has 0 fully saturated rings. The van der Waals surface area contributed by atoms with Gasteiger partial charge in [0, 0.05) is 0 Å². The average Bonchev–Trinajstić information content (AvgIpc) is 2.52. The highest BCUT2D eigenvalue weighted by Crippen LogP contribution is 2.31. The smallest absolute Gasteiger partial charge is 0.411 e. The van der Waals surface area contributed by atoms with Crippen LogP contribution in [-0.4, -0.2) is 13.2 Å². The summed E-state index contributed by atoms with van der Waals surface area (Å²) in [5.41, 5.74) is 11.0. The summed E-state index contributed by atoms with van der Waals surface area (Å²) in [5.74, 6) is 0. The number of anilines is 1. The summed E-state index contributed by atoms with van der Waals surface area (Å²) in [7, 11) is 1.34. The number of carbonyl (C=O) groups is 1. The van der Waals surface area contributed by atoms with Gasteiger partial charge in [0.1, 0.15) is 0 Å². The fraction of sp³-hybridized carbons (Fsp3) is 0.235. The molecule has 0 heterocycles. The number of methoxy groups -OCH3 is 1. The minimum absolute atomic E-state index is 0.308. The maximum Gasteiger partial charge on any atom is 0.411 e. The normalized spacial score (nSPS) is 11.8. The third-order valence-electron chi connectivity index (χ3n) is 3.67. The van der Waals surface area contributed by atoms with Crippen LogP contribution in [0.3, 0.4) is 0 Å². The number of rotatable bonds is 3. The highest BCUT2D eigenvalue weighted by molar-refractivity contribution is 5.87. The molecule has 1 unspecified atom stereocenters. The standard InChI is InChI=1S/C17H20N2O2/c1-11-9-10-14(15(18)13-7-5-4-6-8-13)16(12(11)2)19-17(20)21-3/h4-10,15H,18H2,1-3H3,(H,19,20). The van der Waals surface area contributed by atoms with Crippen LogP contribution in [0.1, 0.15) is 28.3 Å². The number of carbonyl (C=O) groups excluding carboxylic acids is 1. The lowest BCUT2D eigenvalue weighted by atomic mass is 9.94. The van der Waals surface area contributed by atoms with Gasteiger partial charge >= 0.3 is 6.09 Å². The maximum atomic E-state index is 11.6. The van der Waals surface area contributed by atoms with Gasteiger partial charge in [-0.3, -0.25) is 5.32 Å². The van der Waals surface area contributed by atoms with Gasteiger partial charge in [-0.2, -0.15) is 0 Å². The van der Waals surface area contributed by atoms with Crippen molar-refractivity contribution in [1.82, 2.24) is 0 Å². The Morgan fingerprint density at radius 3 is 2.43 bits per heavy atom. The molecular weight excluding hydrogens is 264 g/mol. The SMILES string of the molecule is COC(=O)Nc1c(C(N)c2ccccc2)ccc(C)c1C. The van der Waals surface area contributed by atoms with E-state index in [4.69, 9.17) is 10.5 Å². The fourth-order valence-corrected chi connectivity index (χ4v) is 2.25. The van der Waals surface area contributed by atoms with Crippen molar-refractivity contribution < 1.29 is 9.53 Å². The van der Waals surface area contributed by atoms with Crippen LogP contribution in [0.5, 0.6) is 0 Å². The lowest BCUT2D eigenvalue weighted by molar-refractivity contribution is 0.187. The van der Waals surface area contributed by atoms with E-state index in [-0.39, 0.29) is 6.04 Å². The lowest BCUT2D eigenvalue weighted by Crippen LogP contribution is -2.19. The average molecular weight is 284 g/mol. The Morgan fingerprint density at radius 1 is 1.14 bits per heavy atom. The minimum atomic E-state index is -0.495. The summed E-state index contributed by atoms with van der Waals surface area (Å²) in [4.78, 5) is 11.6. The molecule has 3 N–H and O–H groups in total. The molecule has 2 aromatic carbocycles. The number of hydrogen-bond acceptors (Lipinski definition) is 3. The van der Waals surface area contributed by atoms with Crippen LogP contribution in [-0.2, 0) is 4.74 Å². The van der Waals surface area contributed by atoms with E-state index < -0.39 is 6.09 Å². The van der Waals surface area contributed by atoms with E-state index in [1.807, 2.05) is 56.3 Å². The van der Waals surface area contributed by atoms with E-state index in [1.54, 1.807) is 0 Å². The van der Waals surface area contributed by atoms with Crippen LogP contribution in [0, 0.1) is 13.8 Å². The molecule has 0 aliphatic heterocycles. The highest BCUT2D eigenvalue weighted by atomic mass is 16.5. The van der Waals surface area contributed by atoms with Crippen LogP contribution >= 0.6 is 0 Å². The topological polar surface area (TPSA) is 64.3 Å². The summed E-state index contributed by atoms with van der Waals surface area (Å²) in [5, 5.41) is 2.78. The Hall–Kier alpha value is -2.33. The predicted octanol–water partition coefficient (Wildman–Crippen LogP) is 3.53. The molecule has 0 aromatic heterocycles. The van der Waals surface area contributed by atoms with E-state index in [1.165, 1.54) is 7.11 Å². The second-order valence-electron chi connectivity index (χ2n) is 4.98. The van der Waals surface area contributed by atoms with E-state index in [0.717, 1.165) is 27.9 Å². The summed E-state index contributed by atoms with van der Waals surface area (Å²) in [6.45, 7) is 3.96. The van der Waals surface area contributed by atoms with Gasteiger partial charge in [-0.1, -0.05) is 42.5 Å². The van der Waals surface area contributed by atoms with Crippen molar-refractivity contribution in [3.8, 4) is 0 Å². The summed E-state index contributed by atoms with van der Waals surface area (Å²) >= 11 is 0. The fourth-order valence-electron chi connectivity index (χ4n) is 2.25. The van der Waals surface area contributed by atoms with E-state index in [2.05, 4.69) is 5.32 Å². The van der Waals surface area contributed by atoms with Gasteiger partial charge in [0.2, 0.25) is 0 Å². The van der Waals surface area contributed by atoms with Gasteiger partial charge < -0.3 is 10.5 Å². The summed E-state index contributed by atoms with van der Waals surface area (Å²) < 4.78 is 4.70. The quantitative estimate of drug-likeness (QED) is 0.906. The van der Waals surface area contributed by atoms with Crippen molar-refractivity contribution in [2.75, 3.05) is 12.4 Å². The van der Waals surface area contributed by atoms with Crippen LogP contribution < -0.4 is 11.1 Å². The largest absolute Gasteiger partial charge is 0.453 e. The number of benzene rings is 2. The summed E-state index contributed by atoms with van der Waals surface area (Å²) in [6, 6.07) is 13.4. The lowest BCUT2D eigenvalue weighted by Gasteiger charge is -2.20. The van der Waals surface area contributed by atoms with Crippen molar-refractivity contribution >= 4 is 11.8 Å². The first-order chi connectivity index (χ1) is 10.0. The van der Waals surface area contributed by atoms with Gasteiger partial charge in [0.25, 0.3) is 0 Å². The number of amides is 1. The van der Waals surface area contributed by atoms with Gasteiger partial charge in [-0.05, 0) is 36.1 Å². The first-order valence-corrected chi connectivity index (χ1v) is 6.80. The molecule has 1 atom stereocenters. The van der Waals surface area contributed by atoms with Crippen LogP contribution in [0.25, 0.3) is 0 Å². The Morgan fingerprint density at radius 2 is 1.81 bits per heavy atom. The zero-order valence-electron chi connectivity index (χ0n) is 12.5. The molecule has 2 rings (SSSR count). The Balaban J connectivity index is 2.48. The number of nitrogens with two attached hydrogens (primary N) is 1. The van der Waals surface area contributed by atoms with Crippen LogP contribution in [0.4, 0.5) is 10.5 Å². The van der Waals surface area contributed by atoms with Crippen molar-refractivity contribution in [2.24, 2.45) is 5.73 Å². The molecule has 0 aliphatic rings. The van der Waals surface area contributed by atoms with Crippen molar-refractivity contribution in [2.45, 2.75) is 19.9 Å². The zero-order chi connectivity index (χ0) is 15.4. The Labute approximate surface area is 124 Å². The second kappa shape index (κ2) is 6.41. The van der Waals surface area contributed by atoms with Crippen molar-refractivity contribution in [3.05, 3.63) is 64.7 Å². The second-order valence-corrected chi connectivity index (χ2v) is 4.98. The van der Waals surface area contributed by atoms with Crippen molar-refractivity contribution in [3.63, 3.8) is 0 Å². The van der Waals surface area contributed by atoms with Gasteiger partial charge in [0.15, 0.2) is 0 Å². The zero-order valence-corrected chi connectivity index (χ0v) is 12.5. The number of aryl methyl sites for hydroxylation is 1. The maximum absolute atomic E-state index is 11.6. The third-order valence-corrected chi connectivity index (χ3v) is 3.67. The molecular formula is C17H20N2O2. The number of hydrogen-bond donors (Lipinski definition) is 2. The van der Waals surface area contributed by atoms with Gasteiger partial charge in [-0.25, -0.2) is 4.79 Å². The first kappa shape index (κ1) is 15.1. The van der Waals surface area contributed by atoms with E-state index in [0.29, 0.717) is 0 Å². The molecule has 21 heavy (non-hydrogen) atoms. The molecule has 0 saturated heterocycles. The van der Waals surface area contributed by atoms with Crippen LogP contribution in [0.2, 0.25) is 0 Å². The highest BCUT2D eigenvalue weighted by Gasteiger charge is 2.17. The molecule has 0 aliphatic carbocycles. The molecule has 4 nitrogen and oxygen atoms in total. The minimum Gasteiger partial charge on any atom is -0.453 e. The monoisotopic (exact) mass is 284 g/mol. The molecule has 0 bridgehead atoms. The van der Waals surface area contributed by atoms with E-state index in [9.17, 15) is 4.79 Å². The van der Waals surface area contributed by atoms with Crippen LogP contribution in [0.15, 0.2) is 42.5 Å². The van der Waals surface area contributed by atoms with E-state index >= 15 is 0 Å². The first-order valence-electron chi connectivity index (χ1n) is 6.80.